The highest BCUT2D eigenvalue weighted by Gasteiger charge is 2.29. The van der Waals surface area contributed by atoms with Crippen LogP contribution in [0.2, 0.25) is 0 Å². The maximum atomic E-state index is 12.3. The van der Waals surface area contributed by atoms with Gasteiger partial charge < -0.3 is 14.7 Å². The van der Waals surface area contributed by atoms with Gasteiger partial charge in [-0.3, -0.25) is 4.79 Å². The quantitative estimate of drug-likeness (QED) is 0.913. The summed E-state index contributed by atoms with van der Waals surface area (Å²) in [5.41, 5.74) is 1.54. The van der Waals surface area contributed by atoms with Crippen molar-refractivity contribution in [1.29, 1.82) is 0 Å². The molecule has 1 unspecified atom stereocenters. The topological polar surface area (TPSA) is 71.3 Å². The lowest BCUT2D eigenvalue weighted by atomic mass is 10.1. The highest BCUT2D eigenvalue weighted by atomic mass is 16.5. The maximum Gasteiger partial charge on any atom is 0.251 e. The van der Waals surface area contributed by atoms with Gasteiger partial charge in [-0.05, 0) is 50.9 Å². The molecule has 1 atom stereocenters. The van der Waals surface area contributed by atoms with E-state index in [0.29, 0.717) is 23.2 Å². The van der Waals surface area contributed by atoms with Gasteiger partial charge in [0.05, 0.1) is 0 Å². The van der Waals surface area contributed by atoms with Crippen molar-refractivity contribution in [2.75, 3.05) is 26.7 Å². The van der Waals surface area contributed by atoms with E-state index < -0.39 is 0 Å². The molecule has 1 N–H and O–H groups in total. The summed E-state index contributed by atoms with van der Waals surface area (Å²) in [7, 11) is 2.12. The third-order valence-corrected chi connectivity index (χ3v) is 4.81. The number of likely N-dealkylation sites (tertiary alicyclic amines) is 1. The fourth-order valence-corrected chi connectivity index (χ4v) is 3.15. The predicted octanol–water partition coefficient (Wildman–Crippen LogP) is 2.30. The maximum absolute atomic E-state index is 12.3. The number of carbonyl (C=O) groups excluding carboxylic acids is 1. The molecule has 4 rings (SSSR count). The zero-order chi connectivity index (χ0) is 16.5. The van der Waals surface area contributed by atoms with Crippen LogP contribution in [0, 0.1) is 5.92 Å². The van der Waals surface area contributed by atoms with Gasteiger partial charge in [-0.15, -0.1) is 0 Å². The Balaban J connectivity index is 1.36. The van der Waals surface area contributed by atoms with Gasteiger partial charge >= 0.3 is 0 Å². The molecule has 1 aromatic carbocycles. The summed E-state index contributed by atoms with van der Waals surface area (Å²) in [5.74, 6) is 2.30. The molecule has 0 spiro atoms. The average molecular weight is 326 g/mol. The van der Waals surface area contributed by atoms with Gasteiger partial charge in [-0.25, -0.2) is 0 Å². The third-order valence-electron chi connectivity index (χ3n) is 4.81. The number of rotatable bonds is 5. The lowest BCUT2D eigenvalue weighted by Crippen LogP contribution is -2.30. The lowest BCUT2D eigenvalue weighted by Gasteiger charge is -2.11. The summed E-state index contributed by atoms with van der Waals surface area (Å²) in [4.78, 5) is 19.0. The molecule has 2 heterocycles. The first kappa shape index (κ1) is 15.3. The molecule has 1 saturated carbocycles. The van der Waals surface area contributed by atoms with Crippen LogP contribution in [-0.4, -0.2) is 47.6 Å². The van der Waals surface area contributed by atoms with Crippen LogP contribution >= 0.6 is 0 Å². The summed E-state index contributed by atoms with van der Waals surface area (Å²) < 4.78 is 5.28. The number of hydrogen-bond acceptors (Lipinski definition) is 5. The Hall–Kier alpha value is -2.21. The Morgan fingerprint density at radius 2 is 2.08 bits per heavy atom. The first-order chi connectivity index (χ1) is 11.7. The van der Waals surface area contributed by atoms with Crippen LogP contribution in [0.25, 0.3) is 11.4 Å². The van der Waals surface area contributed by atoms with Gasteiger partial charge in [0.1, 0.15) is 0 Å². The molecule has 24 heavy (non-hydrogen) atoms. The SMILES string of the molecule is CN1CCC(CNC(=O)c2ccc(-c3noc(C4CC4)n3)cc2)C1. The van der Waals surface area contributed by atoms with Crippen LogP contribution in [0.3, 0.4) is 0 Å². The standard InChI is InChI=1S/C18H22N4O2/c1-22-9-8-12(11-22)10-19-17(23)14-4-2-13(3-5-14)16-20-18(24-21-16)15-6-7-15/h2-5,12,15H,6-11H2,1H3,(H,19,23). The third kappa shape index (κ3) is 3.33. The number of aromatic nitrogens is 2. The van der Waals surface area contributed by atoms with Crippen molar-refractivity contribution in [2.24, 2.45) is 5.92 Å². The molecule has 1 aliphatic carbocycles. The Bertz CT molecular complexity index is 721. The summed E-state index contributed by atoms with van der Waals surface area (Å²) in [5, 5.41) is 7.06. The molecular formula is C18H22N4O2. The zero-order valence-corrected chi connectivity index (χ0v) is 13.9. The zero-order valence-electron chi connectivity index (χ0n) is 13.9. The lowest BCUT2D eigenvalue weighted by molar-refractivity contribution is 0.0947. The fourth-order valence-electron chi connectivity index (χ4n) is 3.15. The van der Waals surface area contributed by atoms with E-state index in [1.165, 1.54) is 0 Å². The van der Waals surface area contributed by atoms with Crippen LogP contribution in [-0.2, 0) is 0 Å². The molecule has 6 nitrogen and oxygen atoms in total. The Labute approximate surface area is 141 Å². The number of amides is 1. The van der Waals surface area contributed by atoms with Gasteiger partial charge in [-0.1, -0.05) is 17.3 Å². The van der Waals surface area contributed by atoms with Crippen molar-refractivity contribution in [3.8, 4) is 11.4 Å². The van der Waals surface area contributed by atoms with Crippen molar-refractivity contribution in [3.63, 3.8) is 0 Å². The van der Waals surface area contributed by atoms with E-state index in [0.717, 1.165) is 50.4 Å². The largest absolute Gasteiger partial charge is 0.352 e. The monoisotopic (exact) mass is 326 g/mol. The normalized spacial score (nSPS) is 21.1. The Kier molecular flexibility index (Phi) is 4.06. The second kappa shape index (κ2) is 6.36. The number of benzene rings is 1. The van der Waals surface area contributed by atoms with Crippen molar-refractivity contribution < 1.29 is 9.32 Å². The van der Waals surface area contributed by atoms with Crippen molar-refractivity contribution in [1.82, 2.24) is 20.4 Å². The summed E-state index contributed by atoms with van der Waals surface area (Å²) >= 11 is 0. The summed E-state index contributed by atoms with van der Waals surface area (Å²) in [6.45, 7) is 2.91. The predicted molar refractivity (Wildman–Crippen MR) is 89.6 cm³/mol. The van der Waals surface area contributed by atoms with Gasteiger partial charge in [0.25, 0.3) is 5.91 Å². The molecule has 1 amide bonds. The van der Waals surface area contributed by atoms with E-state index in [1.807, 2.05) is 24.3 Å². The van der Waals surface area contributed by atoms with Crippen LogP contribution < -0.4 is 5.32 Å². The number of hydrogen-bond donors (Lipinski definition) is 1. The molecule has 1 saturated heterocycles. The van der Waals surface area contributed by atoms with Crippen molar-refractivity contribution >= 4 is 5.91 Å². The minimum Gasteiger partial charge on any atom is -0.352 e. The van der Waals surface area contributed by atoms with Crippen LogP contribution in [0.4, 0.5) is 0 Å². The van der Waals surface area contributed by atoms with E-state index in [1.54, 1.807) is 0 Å². The second-order valence-corrected chi connectivity index (χ2v) is 6.93. The second-order valence-electron chi connectivity index (χ2n) is 6.93. The number of nitrogens with one attached hydrogen (secondary N) is 1. The van der Waals surface area contributed by atoms with Crippen LogP contribution in [0.5, 0.6) is 0 Å². The number of nitrogens with zero attached hydrogens (tertiary/aromatic N) is 3. The van der Waals surface area contributed by atoms with E-state index in [2.05, 4.69) is 27.4 Å². The molecule has 126 valence electrons. The Morgan fingerprint density at radius 3 is 2.75 bits per heavy atom. The molecule has 2 aliphatic rings. The van der Waals surface area contributed by atoms with Gasteiger partial charge in [-0.2, -0.15) is 4.98 Å². The molecule has 1 aromatic heterocycles. The number of carbonyl (C=O) groups is 1. The van der Waals surface area contributed by atoms with Crippen LogP contribution in [0.1, 0.15) is 41.4 Å². The van der Waals surface area contributed by atoms with E-state index in [4.69, 9.17) is 4.52 Å². The molecule has 2 fully saturated rings. The van der Waals surface area contributed by atoms with Gasteiger partial charge in [0, 0.05) is 30.1 Å². The fraction of sp³-hybridized carbons (Fsp3) is 0.500. The molecule has 6 heteroatoms. The molecular weight excluding hydrogens is 304 g/mol. The highest BCUT2D eigenvalue weighted by Crippen LogP contribution is 2.39. The van der Waals surface area contributed by atoms with Gasteiger partial charge in [0.15, 0.2) is 0 Å². The first-order valence-corrected chi connectivity index (χ1v) is 8.60. The average Bonchev–Trinajstić information content (AvgIpc) is 3.18. The minimum atomic E-state index is -0.0251. The molecule has 0 radical (unpaired) electrons. The molecule has 0 bridgehead atoms. The first-order valence-electron chi connectivity index (χ1n) is 8.60. The Morgan fingerprint density at radius 1 is 1.29 bits per heavy atom. The summed E-state index contributed by atoms with van der Waals surface area (Å²) in [6.07, 6.45) is 3.42. The molecule has 2 aromatic rings. The van der Waals surface area contributed by atoms with E-state index >= 15 is 0 Å². The van der Waals surface area contributed by atoms with Crippen molar-refractivity contribution in [2.45, 2.75) is 25.2 Å². The smallest absolute Gasteiger partial charge is 0.251 e. The minimum absolute atomic E-state index is 0.0251. The summed E-state index contributed by atoms with van der Waals surface area (Å²) in [6, 6.07) is 7.39. The van der Waals surface area contributed by atoms with E-state index in [9.17, 15) is 4.79 Å². The van der Waals surface area contributed by atoms with Crippen LogP contribution in [0.15, 0.2) is 28.8 Å². The van der Waals surface area contributed by atoms with Gasteiger partial charge in [0.2, 0.25) is 11.7 Å². The molecule has 1 aliphatic heterocycles. The van der Waals surface area contributed by atoms with E-state index in [-0.39, 0.29) is 5.91 Å². The highest BCUT2D eigenvalue weighted by molar-refractivity contribution is 5.94. The van der Waals surface area contributed by atoms with Crippen molar-refractivity contribution in [3.05, 3.63) is 35.7 Å².